The van der Waals surface area contributed by atoms with Crippen LogP contribution in [0, 0.1) is 0 Å². The summed E-state index contributed by atoms with van der Waals surface area (Å²) in [5, 5.41) is 11.4. The minimum atomic E-state index is -1.21. The summed E-state index contributed by atoms with van der Waals surface area (Å²) >= 11 is 0. The molecule has 0 radical (unpaired) electrons. The first kappa shape index (κ1) is 23.0. The van der Waals surface area contributed by atoms with Crippen molar-refractivity contribution in [3.05, 3.63) is 95.6 Å². The van der Waals surface area contributed by atoms with Crippen molar-refractivity contribution < 1.29 is 29.1 Å². The van der Waals surface area contributed by atoms with Crippen LogP contribution < -0.4 is 10.8 Å². The van der Waals surface area contributed by atoms with Crippen molar-refractivity contribution in [3.63, 3.8) is 0 Å². The smallest absolute Gasteiger partial charge is 0.407 e. The van der Waals surface area contributed by atoms with Gasteiger partial charge in [-0.25, -0.2) is 15.1 Å². The first-order valence-electron chi connectivity index (χ1n) is 10.8. The lowest BCUT2D eigenvalue weighted by molar-refractivity contribution is -0.149. The van der Waals surface area contributed by atoms with Crippen LogP contribution in [0.25, 0.3) is 11.1 Å². The first-order valence-corrected chi connectivity index (χ1v) is 10.8. The first-order chi connectivity index (χ1) is 16.5. The number of carboxylic acids is 1. The van der Waals surface area contributed by atoms with Gasteiger partial charge in [0.25, 0.3) is 0 Å². The highest BCUT2D eigenvalue weighted by atomic mass is 16.7. The molecule has 0 bridgehead atoms. The minimum absolute atomic E-state index is 0.0824. The van der Waals surface area contributed by atoms with Crippen LogP contribution in [0.4, 0.5) is 4.79 Å². The fourth-order valence-electron chi connectivity index (χ4n) is 4.13. The summed E-state index contributed by atoms with van der Waals surface area (Å²) in [4.78, 5) is 40.1. The topological polar surface area (TPSA) is 114 Å². The number of carbonyl (C=O) groups excluding carboxylic acids is 2. The average Bonchev–Trinajstić information content (AvgIpc) is 3.16. The van der Waals surface area contributed by atoms with E-state index in [9.17, 15) is 14.4 Å². The van der Waals surface area contributed by atoms with Gasteiger partial charge in [-0.3, -0.25) is 9.63 Å². The Morgan fingerprint density at radius 3 is 2.06 bits per heavy atom. The summed E-state index contributed by atoms with van der Waals surface area (Å²) in [6.45, 7) is -0.517. The molecule has 174 valence electrons. The Balaban J connectivity index is 1.41. The van der Waals surface area contributed by atoms with Gasteiger partial charge in [-0.2, -0.15) is 0 Å². The second kappa shape index (κ2) is 10.6. The highest BCUT2D eigenvalue weighted by Crippen LogP contribution is 2.44. The van der Waals surface area contributed by atoms with E-state index in [1.54, 1.807) is 24.3 Å². The molecule has 8 heteroatoms. The van der Waals surface area contributed by atoms with Crippen LogP contribution in [0.1, 0.15) is 35.1 Å². The minimum Gasteiger partial charge on any atom is -0.479 e. The van der Waals surface area contributed by atoms with Gasteiger partial charge in [0.2, 0.25) is 5.91 Å². The lowest BCUT2D eigenvalue weighted by Crippen LogP contribution is -2.35. The van der Waals surface area contributed by atoms with Crippen LogP contribution in [0.2, 0.25) is 0 Å². The Morgan fingerprint density at radius 1 is 0.853 bits per heavy atom. The fraction of sp³-hybridized carbons (Fsp3) is 0.192. The molecule has 0 fully saturated rings. The van der Waals surface area contributed by atoms with Crippen LogP contribution in [-0.4, -0.2) is 36.3 Å². The predicted octanol–water partition coefficient (Wildman–Crippen LogP) is 3.79. The third-order valence-corrected chi connectivity index (χ3v) is 5.61. The summed E-state index contributed by atoms with van der Waals surface area (Å²) < 4.78 is 5.60. The Labute approximate surface area is 196 Å². The third-order valence-electron chi connectivity index (χ3n) is 5.61. The Hall–Kier alpha value is -4.17. The molecular formula is C26H24N2O6. The van der Waals surface area contributed by atoms with Gasteiger partial charge >= 0.3 is 12.1 Å². The number of carboxylic acid groups (broad SMARTS) is 1. The highest BCUT2D eigenvalue weighted by Gasteiger charge is 2.29. The number of ether oxygens (including phenoxy) is 1. The molecule has 0 aromatic heterocycles. The Kier molecular flexibility index (Phi) is 7.19. The van der Waals surface area contributed by atoms with Crippen molar-refractivity contribution in [3.8, 4) is 11.1 Å². The fourth-order valence-corrected chi connectivity index (χ4v) is 4.13. The van der Waals surface area contributed by atoms with Crippen molar-refractivity contribution in [1.29, 1.82) is 0 Å². The van der Waals surface area contributed by atoms with E-state index in [-0.39, 0.29) is 18.9 Å². The summed E-state index contributed by atoms with van der Waals surface area (Å²) in [6.07, 6.45) is -0.816. The molecule has 4 rings (SSSR count). The number of alkyl carbamates (subject to hydrolysis) is 1. The molecule has 1 unspecified atom stereocenters. The molecule has 0 aliphatic heterocycles. The van der Waals surface area contributed by atoms with Crippen LogP contribution in [0.15, 0.2) is 78.9 Å². The third kappa shape index (κ3) is 5.41. The number of amides is 2. The molecule has 34 heavy (non-hydrogen) atoms. The standard InChI is InChI=1S/C26H24N2O6/c29-24(28-34-16-25(30)31)14-23(17-8-2-1-3-9-17)27-26(32)33-15-22-20-12-6-4-10-18(20)19-11-5-7-13-21(19)22/h1-13,22-23H,14-16H2,(H,27,32)(H,28,29)(H,30,31). The number of rotatable bonds is 9. The number of aliphatic carboxylic acids is 1. The van der Waals surface area contributed by atoms with Crippen molar-refractivity contribution in [1.82, 2.24) is 10.8 Å². The molecule has 0 saturated heterocycles. The molecule has 1 atom stereocenters. The Morgan fingerprint density at radius 2 is 1.44 bits per heavy atom. The van der Waals surface area contributed by atoms with Crippen LogP contribution in [0.3, 0.4) is 0 Å². The second-order valence-corrected chi connectivity index (χ2v) is 7.84. The zero-order valence-electron chi connectivity index (χ0n) is 18.3. The number of hydroxylamine groups is 1. The van der Waals surface area contributed by atoms with Crippen molar-refractivity contribution >= 4 is 18.0 Å². The van der Waals surface area contributed by atoms with Gasteiger partial charge in [-0.1, -0.05) is 78.9 Å². The SMILES string of the molecule is O=C(O)CONC(=O)CC(NC(=O)OCC1c2ccccc2-c2ccccc21)c1ccccc1. The largest absolute Gasteiger partial charge is 0.479 e. The molecule has 3 aromatic carbocycles. The molecule has 3 aromatic rings. The molecule has 0 spiro atoms. The van der Waals surface area contributed by atoms with Gasteiger partial charge in [0, 0.05) is 5.92 Å². The molecule has 1 aliphatic rings. The van der Waals surface area contributed by atoms with Gasteiger partial charge in [0.05, 0.1) is 12.5 Å². The van der Waals surface area contributed by atoms with Crippen molar-refractivity contribution in [2.45, 2.75) is 18.4 Å². The van der Waals surface area contributed by atoms with E-state index < -0.39 is 30.6 Å². The van der Waals surface area contributed by atoms with Gasteiger partial charge in [0.15, 0.2) is 6.61 Å². The number of carbonyl (C=O) groups is 3. The molecular weight excluding hydrogens is 436 g/mol. The van der Waals surface area contributed by atoms with Gasteiger partial charge in [0.1, 0.15) is 6.61 Å². The summed E-state index contributed by atoms with van der Waals surface area (Å²) in [7, 11) is 0. The monoisotopic (exact) mass is 460 g/mol. The lowest BCUT2D eigenvalue weighted by atomic mass is 9.98. The predicted molar refractivity (Wildman–Crippen MR) is 124 cm³/mol. The summed E-state index contributed by atoms with van der Waals surface area (Å²) in [6, 6.07) is 24.4. The second-order valence-electron chi connectivity index (χ2n) is 7.84. The zero-order chi connectivity index (χ0) is 23.9. The molecule has 8 nitrogen and oxygen atoms in total. The molecule has 1 aliphatic carbocycles. The number of nitrogens with one attached hydrogen (secondary N) is 2. The molecule has 0 heterocycles. The number of hydrogen-bond donors (Lipinski definition) is 3. The Bertz CT molecular complexity index is 1140. The number of fused-ring (bicyclic) bond motifs is 3. The van der Waals surface area contributed by atoms with Crippen molar-refractivity contribution in [2.24, 2.45) is 0 Å². The maximum Gasteiger partial charge on any atom is 0.407 e. The van der Waals surface area contributed by atoms with E-state index in [2.05, 4.69) is 27.8 Å². The molecule has 2 amide bonds. The normalized spacial score (nSPS) is 12.8. The summed E-state index contributed by atoms with van der Waals surface area (Å²) in [5.41, 5.74) is 7.24. The van der Waals surface area contributed by atoms with E-state index in [1.807, 2.05) is 42.5 Å². The highest BCUT2D eigenvalue weighted by molar-refractivity contribution is 5.79. The van der Waals surface area contributed by atoms with Crippen LogP contribution in [-0.2, 0) is 19.2 Å². The van der Waals surface area contributed by atoms with Gasteiger partial charge in [-0.15, -0.1) is 0 Å². The number of hydrogen-bond acceptors (Lipinski definition) is 5. The van der Waals surface area contributed by atoms with E-state index in [0.717, 1.165) is 22.3 Å². The lowest BCUT2D eigenvalue weighted by Gasteiger charge is -2.20. The molecule has 3 N–H and O–H groups in total. The van der Waals surface area contributed by atoms with E-state index in [0.29, 0.717) is 5.56 Å². The maximum atomic E-state index is 12.7. The molecule has 0 saturated carbocycles. The summed E-state index contributed by atoms with van der Waals surface area (Å²) in [5.74, 6) is -1.87. The van der Waals surface area contributed by atoms with Crippen LogP contribution >= 0.6 is 0 Å². The van der Waals surface area contributed by atoms with E-state index >= 15 is 0 Å². The van der Waals surface area contributed by atoms with Crippen molar-refractivity contribution in [2.75, 3.05) is 13.2 Å². The number of benzene rings is 3. The van der Waals surface area contributed by atoms with E-state index in [1.165, 1.54) is 0 Å². The quantitative estimate of drug-likeness (QED) is 0.419. The van der Waals surface area contributed by atoms with E-state index in [4.69, 9.17) is 9.84 Å². The van der Waals surface area contributed by atoms with Crippen LogP contribution in [0.5, 0.6) is 0 Å². The zero-order valence-corrected chi connectivity index (χ0v) is 18.3. The van der Waals surface area contributed by atoms with Gasteiger partial charge < -0.3 is 15.2 Å². The average molecular weight is 460 g/mol. The maximum absolute atomic E-state index is 12.7. The van der Waals surface area contributed by atoms with Gasteiger partial charge in [-0.05, 0) is 27.8 Å².